The van der Waals surface area contributed by atoms with Crippen LogP contribution in [0, 0.1) is 0 Å². The average Bonchev–Trinajstić information content (AvgIpc) is 2.82. The summed E-state index contributed by atoms with van der Waals surface area (Å²) in [6.07, 6.45) is 6.70. The molecule has 0 aromatic heterocycles. The molecule has 0 amide bonds. The Bertz CT molecular complexity index is 808. The third-order valence-electron chi connectivity index (χ3n) is 6.48. The van der Waals surface area contributed by atoms with Gasteiger partial charge < -0.3 is 0 Å². The monoisotopic (exact) mass is 515 g/mol. The summed E-state index contributed by atoms with van der Waals surface area (Å²) in [6.45, 7) is 3.42. The first-order valence-electron chi connectivity index (χ1n) is 10.9. The van der Waals surface area contributed by atoms with E-state index in [0.29, 0.717) is 6.04 Å². The molecule has 0 saturated heterocycles. The van der Waals surface area contributed by atoms with Gasteiger partial charge in [-0.25, -0.2) is 0 Å². The molecule has 0 N–H and O–H groups in total. The summed E-state index contributed by atoms with van der Waals surface area (Å²) in [5, 5.41) is 4.39. The van der Waals surface area contributed by atoms with Gasteiger partial charge in [0.05, 0.1) is 0 Å². The fourth-order valence-corrected chi connectivity index (χ4v) is 15.4. The van der Waals surface area contributed by atoms with Crippen molar-refractivity contribution in [2.75, 3.05) is 6.54 Å². The molecular weight excluding hydrogens is 484 g/mol. The molecule has 29 heavy (non-hydrogen) atoms. The summed E-state index contributed by atoms with van der Waals surface area (Å²) in [5.74, 6) is 0. The van der Waals surface area contributed by atoms with Crippen LogP contribution in [0.5, 0.6) is 0 Å². The fraction of sp³-hybridized carbons (Fsp3) is 0.308. The Kier molecular flexibility index (Phi) is 6.44. The topological polar surface area (TPSA) is 3.24 Å². The van der Waals surface area contributed by atoms with E-state index in [-0.39, 0.29) is 0 Å². The van der Waals surface area contributed by atoms with Gasteiger partial charge in [-0.2, -0.15) is 0 Å². The zero-order chi connectivity index (χ0) is 20.2. The number of nitrogens with zero attached hydrogens (tertiary/aromatic N) is 1. The predicted octanol–water partition coefficient (Wildman–Crippen LogP) is 6.44. The van der Waals surface area contributed by atoms with Gasteiger partial charge in [0.25, 0.3) is 0 Å². The van der Waals surface area contributed by atoms with Crippen LogP contribution in [0.3, 0.4) is 0 Å². The van der Waals surface area contributed by atoms with E-state index in [1.807, 2.05) is 0 Å². The summed E-state index contributed by atoms with van der Waals surface area (Å²) < 4.78 is 0.0618. The van der Waals surface area contributed by atoms with E-state index < -0.39 is 4.40 Å². The first kappa shape index (κ1) is 21.0. The van der Waals surface area contributed by atoms with Gasteiger partial charge in [0.1, 0.15) is 0 Å². The molecular formula is C26H31INP. The summed E-state index contributed by atoms with van der Waals surface area (Å²) in [6, 6.07) is 34.6. The van der Waals surface area contributed by atoms with Gasteiger partial charge in [0.2, 0.25) is 0 Å². The Hall–Kier alpha value is -1.22. The molecule has 1 aliphatic rings. The standard InChI is InChI=1S/C26H31INP/c1-2-28(23-15-7-3-8-16-23)29(27,24-17-9-4-10-18-24,25-19-11-5-12-20-25)26-21-13-6-14-22-26/h4-6,9-14,17-23H,2-3,7-8,15-16H2,1H3. The molecule has 3 aromatic carbocycles. The summed E-state index contributed by atoms with van der Waals surface area (Å²) in [5.41, 5.74) is 0. The Morgan fingerprint density at radius 2 is 1.07 bits per heavy atom. The summed E-state index contributed by atoms with van der Waals surface area (Å²) in [7, 11) is 0. The Morgan fingerprint density at radius 3 is 1.41 bits per heavy atom. The Labute approximate surface area is 189 Å². The second-order valence-corrected chi connectivity index (χ2v) is 17.6. The van der Waals surface area contributed by atoms with Crippen molar-refractivity contribution in [3.63, 3.8) is 0 Å². The van der Waals surface area contributed by atoms with E-state index in [2.05, 4.69) is 125 Å². The van der Waals surface area contributed by atoms with Crippen molar-refractivity contribution in [2.24, 2.45) is 0 Å². The van der Waals surface area contributed by atoms with E-state index in [1.54, 1.807) is 0 Å². The van der Waals surface area contributed by atoms with Gasteiger partial charge in [-0.3, -0.25) is 0 Å². The molecule has 0 spiro atoms. The molecule has 4 rings (SSSR count). The van der Waals surface area contributed by atoms with Crippen molar-refractivity contribution in [1.82, 2.24) is 4.67 Å². The van der Waals surface area contributed by atoms with Crippen molar-refractivity contribution < 1.29 is 0 Å². The Morgan fingerprint density at radius 1 is 0.690 bits per heavy atom. The number of rotatable bonds is 6. The van der Waals surface area contributed by atoms with E-state index in [9.17, 15) is 0 Å². The van der Waals surface area contributed by atoms with Gasteiger partial charge in [0, 0.05) is 0 Å². The molecule has 0 heterocycles. The third kappa shape index (κ3) is 3.48. The van der Waals surface area contributed by atoms with E-state index in [4.69, 9.17) is 0 Å². The molecule has 0 unspecified atom stereocenters. The van der Waals surface area contributed by atoms with Crippen molar-refractivity contribution in [2.45, 2.75) is 45.1 Å². The van der Waals surface area contributed by atoms with E-state index in [0.717, 1.165) is 6.54 Å². The minimum absolute atomic E-state index is 0.629. The maximum atomic E-state index is 2.93. The van der Waals surface area contributed by atoms with Crippen LogP contribution < -0.4 is 15.9 Å². The SMILES string of the molecule is CCN(C1CCCCC1)P(I)(c1ccccc1)(c1ccccc1)c1ccccc1. The van der Waals surface area contributed by atoms with Gasteiger partial charge in [-0.15, -0.1) is 0 Å². The van der Waals surface area contributed by atoms with Crippen LogP contribution in [0.15, 0.2) is 91.0 Å². The van der Waals surface area contributed by atoms with Crippen LogP contribution in [0.25, 0.3) is 0 Å². The molecule has 3 heteroatoms. The molecule has 0 radical (unpaired) electrons. The zero-order valence-corrected chi connectivity index (χ0v) is 20.3. The quantitative estimate of drug-likeness (QED) is 0.270. The van der Waals surface area contributed by atoms with Crippen molar-refractivity contribution in [3.8, 4) is 0 Å². The van der Waals surface area contributed by atoms with Crippen molar-refractivity contribution >= 4 is 42.4 Å². The molecule has 0 atom stereocenters. The molecule has 1 saturated carbocycles. The molecule has 0 aliphatic heterocycles. The summed E-state index contributed by atoms with van der Waals surface area (Å²) >= 11 is 2.93. The molecule has 1 nitrogen and oxygen atoms in total. The molecule has 3 aromatic rings. The zero-order valence-electron chi connectivity index (χ0n) is 17.3. The van der Waals surface area contributed by atoms with Gasteiger partial charge in [-0.05, 0) is 0 Å². The first-order valence-corrected chi connectivity index (χ1v) is 15.8. The maximum absolute atomic E-state index is 2.93. The van der Waals surface area contributed by atoms with Crippen LogP contribution in [-0.4, -0.2) is 17.3 Å². The number of halogens is 1. The van der Waals surface area contributed by atoms with E-state index >= 15 is 0 Å². The van der Waals surface area contributed by atoms with E-state index in [1.165, 1.54) is 48.0 Å². The van der Waals surface area contributed by atoms with Crippen LogP contribution in [0.1, 0.15) is 39.0 Å². The second-order valence-electron chi connectivity index (χ2n) is 8.02. The second kappa shape index (κ2) is 8.88. The van der Waals surface area contributed by atoms with Crippen LogP contribution in [0.2, 0.25) is 0 Å². The summed E-state index contributed by atoms with van der Waals surface area (Å²) in [4.78, 5) is 0. The molecule has 0 bridgehead atoms. The number of hydrogen-bond acceptors (Lipinski definition) is 1. The number of benzene rings is 3. The fourth-order valence-electron chi connectivity index (χ4n) is 5.20. The van der Waals surface area contributed by atoms with Crippen LogP contribution in [0.4, 0.5) is 0 Å². The molecule has 1 fully saturated rings. The Balaban J connectivity index is 2.09. The molecule has 1 aliphatic carbocycles. The van der Waals surface area contributed by atoms with Crippen LogP contribution in [-0.2, 0) is 0 Å². The van der Waals surface area contributed by atoms with Crippen molar-refractivity contribution in [3.05, 3.63) is 91.0 Å². The molecule has 152 valence electrons. The van der Waals surface area contributed by atoms with Gasteiger partial charge in [0.15, 0.2) is 0 Å². The van der Waals surface area contributed by atoms with Gasteiger partial charge in [-0.1, -0.05) is 0 Å². The minimum atomic E-state index is -2.86. The third-order valence-corrected chi connectivity index (χ3v) is 18.5. The predicted molar refractivity (Wildman–Crippen MR) is 138 cm³/mol. The first-order chi connectivity index (χ1) is 14.2. The normalized spacial score (nSPS) is 17.0. The van der Waals surface area contributed by atoms with Crippen LogP contribution >= 0.6 is 26.4 Å². The van der Waals surface area contributed by atoms with Crippen molar-refractivity contribution in [1.29, 1.82) is 0 Å². The number of hydrogen-bond donors (Lipinski definition) is 0. The van der Waals surface area contributed by atoms with Gasteiger partial charge >= 0.3 is 190 Å². The average molecular weight is 515 g/mol.